The minimum Gasteiger partial charge on any atom is -0.379 e. The minimum absolute atomic E-state index is 0.0137. The van der Waals surface area contributed by atoms with Crippen LogP contribution in [0.25, 0.3) is 0 Å². The van der Waals surface area contributed by atoms with E-state index in [-0.39, 0.29) is 23.0 Å². The van der Waals surface area contributed by atoms with Crippen molar-refractivity contribution < 1.29 is 13.9 Å². The molecule has 0 aliphatic carbocycles. The van der Waals surface area contributed by atoms with Crippen LogP contribution in [0.5, 0.6) is 0 Å². The zero-order valence-electron chi connectivity index (χ0n) is 16.1. The first-order valence-corrected chi connectivity index (χ1v) is 10.7. The second-order valence-electron chi connectivity index (χ2n) is 6.90. The molecule has 1 amide bonds. The average molecular weight is 403 g/mol. The lowest BCUT2D eigenvalue weighted by molar-refractivity contribution is -0.120. The predicted octanol–water partition coefficient (Wildman–Crippen LogP) is 3.64. The Morgan fingerprint density at radius 3 is 2.50 bits per heavy atom. The number of thioether (sulfide) groups is 1. The van der Waals surface area contributed by atoms with Gasteiger partial charge in [0.2, 0.25) is 5.91 Å². The topological polar surface area (TPSA) is 41.6 Å². The van der Waals surface area contributed by atoms with E-state index >= 15 is 0 Å². The van der Waals surface area contributed by atoms with E-state index in [0.717, 1.165) is 24.4 Å². The number of nitrogens with zero attached hydrogens (tertiary/aromatic N) is 1. The van der Waals surface area contributed by atoms with Gasteiger partial charge in [-0.3, -0.25) is 9.69 Å². The molecule has 1 heterocycles. The van der Waals surface area contributed by atoms with Gasteiger partial charge in [-0.1, -0.05) is 42.5 Å². The molecule has 0 saturated carbocycles. The Morgan fingerprint density at radius 2 is 1.82 bits per heavy atom. The van der Waals surface area contributed by atoms with Gasteiger partial charge in [-0.05, 0) is 30.2 Å². The van der Waals surface area contributed by atoms with Gasteiger partial charge in [-0.15, -0.1) is 11.8 Å². The summed E-state index contributed by atoms with van der Waals surface area (Å²) in [6.07, 6.45) is 0. The summed E-state index contributed by atoms with van der Waals surface area (Å²) in [5.41, 5.74) is 2.22. The van der Waals surface area contributed by atoms with Crippen LogP contribution in [0.2, 0.25) is 0 Å². The van der Waals surface area contributed by atoms with Crippen LogP contribution in [0.15, 0.2) is 54.6 Å². The van der Waals surface area contributed by atoms with Crippen molar-refractivity contribution in [2.24, 2.45) is 0 Å². The first kappa shape index (κ1) is 20.8. The molecule has 0 bridgehead atoms. The van der Waals surface area contributed by atoms with Gasteiger partial charge in [-0.25, -0.2) is 4.39 Å². The van der Waals surface area contributed by atoms with Crippen LogP contribution in [0.1, 0.15) is 24.1 Å². The van der Waals surface area contributed by atoms with Gasteiger partial charge in [-0.2, -0.15) is 0 Å². The fourth-order valence-corrected chi connectivity index (χ4v) is 4.11. The molecule has 1 fully saturated rings. The highest BCUT2D eigenvalue weighted by atomic mass is 32.2. The van der Waals surface area contributed by atoms with E-state index < -0.39 is 0 Å². The van der Waals surface area contributed by atoms with Crippen molar-refractivity contribution in [3.63, 3.8) is 0 Å². The average Bonchev–Trinajstić information content (AvgIpc) is 2.74. The predicted molar refractivity (Wildman–Crippen MR) is 112 cm³/mol. The van der Waals surface area contributed by atoms with E-state index in [2.05, 4.69) is 22.3 Å². The van der Waals surface area contributed by atoms with Crippen LogP contribution in [0.4, 0.5) is 4.39 Å². The van der Waals surface area contributed by atoms with Crippen molar-refractivity contribution >= 4 is 17.7 Å². The van der Waals surface area contributed by atoms with Crippen LogP contribution < -0.4 is 5.32 Å². The number of amides is 1. The van der Waals surface area contributed by atoms with Crippen LogP contribution in [-0.2, 0) is 15.3 Å². The summed E-state index contributed by atoms with van der Waals surface area (Å²) in [4.78, 5) is 14.9. The van der Waals surface area contributed by atoms with Gasteiger partial charge >= 0.3 is 0 Å². The molecule has 2 aromatic rings. The number of hydrogen-bond acceptors (Lipinski definition) is 4. The van der Waals surface area contributed by atoms with Gasteiger partial charge < -0.3 is 10.1 Å². The smallest absolute Gasteiger partial charge is 0.232 e. The van der Waals surface area contributed by atoms with Crippen molar-refractivity contribution in [1.29, 1.82) is 0 Å². The van der Waals surface area contributed by atoms with Crippen molar-refractivity contribution in [2.45, 2.75) is 24.0 Å². The second-order valence-corrected chi connectivity index (χ2v) is 8.23. The number of ether oxygens (including phenoxy) is 1. The molecular formula is C22H27FN2O2S. The molecule has 4 nitrogen and oxygen atoms in total. The highest BCUT2D eigenvalue weighted by molar-refractivity contribution is 7.99. The SMILES string of the molecule is CC(SCc1ccccc1)C(=O)NCC(c1ccc(F)cc1)N1CCOCC1. The molecule has 28 heavy (non-hydrogen) atoms. The summed E-state index contributed by atoms with van der Waals surface area (Å²) < 4.78 is 18.8. The lowest BCUT2D eigenvalue weighted by Crippen LogP contribution is -2.44. The second kappa shape index (κ2) is 10.6. The molecule has 6 heteroatoms. The Balaban J connectivity index is 1.57. The summed E-state index contributed by atoms with van der Waals surface area (Å²) in [5.74, 6) is 0.584. The molecule has 1 saturated heterocycles. The summed E-state index contributed by atoms with van der Waals surface area (Å²) >= 11 is 1.63. The van der Waals surface area contributed by atoms with Crippen LogP contribution in [-0.4, -0.2) is 48.9 Å². The highest BCUT2D eigenvalue weighted by Gasteiger charge is 2.24. The standard InChI is InChI=1S/C22H27FN2O2S/c1-17(28-16-18-5-3-2-4-6-18)22(26)24-15-21(25-11-13-27-14-12-25)19-7-9-20(23)10-8-19/h2-10,17,21H,11-16H2,1H3,(H,24,26). The van der Waals surface area contributed by atoms with Gasteiger partial charge in [0.1, 0.15) is 5.82 Å². The Hall–Kier alpha value is -1.89. The molecule has 0 radical (unpaired) electrons. The molecule has 0 spiro atoms. The normalized spacial score (nSPS) is 17.1. The van der Waals surface area contributed by atoms with Crippen molar-refractivity contribution in [1.82, 2.24) is 10.2 Å². The molecule has 2 aromatic carbocycles. The Bertz CT molecular complexity index is 736. The fourth-order valence-electron chi connectivity index (χ4n) is 3.24. The molecule has 2 atom stereocenters. The van der Waals surface area contributed by atoms with E-state index in [1.807, 2.05) is 25.1 Å². The van der Waals surface area contributed by atoms with Gasteiger partial charge in [0.25, 0.3) is 0 Å². The largest absolute Gasteiger partial charge is 0.379 e. The van der Waals surface area contributed by atoms with E-state index in [1.54, 1.807) is 23.9 Å². The summed E-state index contributed by atoms with van der Waals surface area (Å²) in [5, 5.41) is 2.95. The third-order valence-electron chi connectivity index (χ3n) is 4.92. The van der Waals surface area contributed by atoms with Gasteiger partial charge in [0.05, 0.1) is 24.5 Å². The van der Waals surface area contributed by atoms with Gasteiger partial charge in [0, 0.05) is 25.4 Å². The fraction of sp³-hybridized carbons (Fsp3) is 0.409. The monoisotopic (exact) mass is 402 g/mol. The molecule has 1 aliphatic rings. The van der Waals surface area contributed by atoms with E-state index in [0.29, 0.717) is 19.8 Å². The first-order valence-electron chi connectivity index (χ1n) is 9.64. The Morgan fingerprint density at radius 1 is 1.14 bits per heavy atom. The minimum atomic E-state index is -0.251. The molecule has 0 aromatic heterocycles. The van der Waals surface area contributed by atoms with Gasteiger partial charge in [0.15, 0.2) is 0 Å². The number of carbonyl (C=O) groups excluding carboxylic acids is 1. The molecule has 3 rings (SSSR count). The number of carbonyl (C=O) groups is 1. The molecule has 1 aliphatic heterocycles. The van der Waals surface area contributed by atoms with Crippen LogP contribution >= 0.6 is 11.8 Å². The van der Waals surface area contributed by atoms with E-state index in [1.165, 1.54) is 17.7 Å². The molecule has 2 unspecified atom stereocenters. The molecule has 150 valence electrons. The third-order valence-corrected chi connectivity index (χ3v) is 6.14. The van der Waals surface area contributed by atoms with Crippen LogP contribution in [0, 0.1) is 5.82 Å². The molecule has 1 N–H and O–H groups in total. The lowest BCUT2D eigenvalue weighted by atomic mass is 10.0. The van der Waals surface area contributed by atoms with E-state index in [9.17, 15) is 9.18 Å². The zero-order valence-corrected chi connectivity index (χ0v) is 17.0. The van der Waals surface area contributed by atoms with E-state index in [4.69, 9.17) is 4.74 Å². The van der Waals surface area contributed by atoms with Crippen molar-refractivity contribution in [3.8, 4) is 0 Å². The third kappa shape index (κ3) is 6.06. The number of nitrogens with one attached hydrogen (secondary N) is 1. The van der Waals surface area contributed by atoms with Crippen molar-refractivity contribution in [2.75, 3.05) is 32.8 Å². The number of benzene rings is 2. The maximum absolute atomic E-state index is 13.3. The highest BCUT2D eigenvalue weighted by Crippen LogP contribution is 2.22. The summed E-state index contributed by atoms with van der Waals surface area (Å²) in [6, 6.07) is 16.7. The molecular weight excluding hydrogens is 375 g/mol. The van der Waals surface area contributed by atoms with Crippen molar-refractivity contribution in [3.05, 3.63) is 71.5 Å². The lowest BCUT2D eigenvalue weighted by Gasteiger charge is -2.35. The maximum Gasteiger partial charge on any atom is 0.232 e. The Labute approximate surface area is 170 Å². The number of halogens is 1. The quantitative estimate of drug-likeness (QED) is 0.732. The summed E-state index contributed by atoms with van der Waals surface area (Å²) in [7, 11) is 0. The number of rotatable bonds is 8. The zero-order chi connectivity index (χ0) is 19.8. The first-order chi connectivity index (χ1) is 13.6. The number of hydrogen-bond donors (Lipinski definition) is 1. The summed E-state index contributed by atoms with van der Waals surface area (Å²) in [6.45, 7) is 5.39. The van der Waals surface area contributed by atoms with Crippen LogP contribution in [0.3, 0.4) is 0 Å². The number of morpholine rings is 1. The Kier molecular flexibility index (Phi) is 7.89. The maximum atomic E-state index is 13.3.